The first-order valence-corrected chi connectivity index (χ1v) is 7.01. The molecule has 1 N–H and O–H groups in total. The normalized spacial score (nSPS) is 27.2. The van der Waals surface area contributed by atoms with Gasteiger partial charge in [-0.15, -0.1) is 11.3 Å². The molecular weight excluding hydrogens is 236 g/mol. The molecule has 1 saturated heterocycles. The zero-order valence-electron chi connectivity index (χ0n) is 10.6. The average molecular weight is 256 g/mol. The van der Waals surface area contributed by atoms with Crippen LogP contribution in [0.3, 0.4) is 0 Å². The van der Waals surface area contributed by atoms with Crippen molar-refractivity contribution in [2.24, 2.45) is 0 Å². The third kappa shape index (κ3) is 2.78. The zero-order chi connectivity index (χ0) is 12.4. The van der Waals surface area contributed by atoms with Crippen LogP contribution >= 0.6 is 11.3 Å². The number of ether oxygens (including phenoxy) is 1. The van der Waals surface area contributed by atoms with Crippen molar-refractivity contribution in [1.82, 2.24) is 4.98 Å². The highest BCUT2D eigenvalue weighted by Crippen LogP contribution is 2.28. The number of aliphatic hydroxyl groups is 1. The summed E-state index contributed by atoms with van der Waals surface area (Å²) in [7, 11) is 0. The standard InChI is InChI=1S/C12H20N2O2S/c1-4-10-6-16-8(2)5-14(10)12-13-11(7-17-12)9(3)15/h7-10,15H,4-6H2,1-3H3. The van der Waals surface area contributed by atoms with Crippen molar-refractivity contribution in [2.45, 2.75) is 45.4 Å². The fourth-order valence-electron chi connectivity index (χ4n) is 2.02. The van der Waals surface area contributed by atoms with E-state index in [-0.39, 0.29) is 6.10 Å². The molecule has 0 aliphatic carbocycles. The average Bonchev–Trinajstić information content (AvgIpc) is 2.78. The van der Waals surface area contributed by atoms with E-state index in [1.807, 2.05) is 5.38 Å². The van der Waals surface area contributed by atoms with Gasteiger partial charge in [0.1, 0.15) is 0 Å². The van der Waals surface area contributed by atoms with E-state index >= 15 is 0 Å². The lowest BCUT2D eigenvalue weighted by Crippen LogP contribution is -2.48. The molecule has 4 nitrogen and oxygen atoms in total. The summed E-state index contributed by atoms with van der Waals surface area (Å²) in [5.74, 6) is 0. The van der Waals surface area contributed by atoms with Gasteiger partial charge in [-0.25, -0.2) is 4.98 Å². The molecule has 96 valence electrons. The number of anilines is 1. The molecule has 2 heterocycles. The van der Waals surface area contributed by atoms with Crippen LogP contribution in [0.15, 0.2) is 5.38 Å². The molecule has 1 aliphatic rings. The number of morpholine rings is 1. The molecule has 0 spiro atoms. The summed E-state index contributed by atoms with van der Waals surface area (Å²) in [4.78, 5) is 6.82. The van der Waals surface area contributed by atoms with E-state index in [4.69, 9.17) is 4.74 Å². The lowest BCUT2D eigenvalue weighted by molar-refractivity contribution is 0.0299. The Morgan fingerprint density at radius 2 is 2.47 bits per heavy atom. The molecule has 0 bridgehead atoms. The summed E-state index contributed by atoms with van der Waals surface area (Å²) in [6.07, 6.45) is 0.811. The molecule has 1 aromatic heterocycles. The molecule has 0 aromatic carbocycles. The molecule has 0 radical (unpaired) electrons. The number of thiazole rings is 1. The fourth-order valence-corrected chi connectivity index (χ4v) is 3.01. The Kier molecular flexibility index (Phi) is 4.01. The van der Waals surface area contributed by atoms with E-state index in [0.29, 0.717) is 6.04 Å². The molecular formula is C12H20N2O2S. The highest BCUT2D eigenvalue weighted by Gasteiger charge is 2.27. The molecule has 3 unspecified atom stereocenters. The Bertz CT molecular complexity index is 367. The summed E-state index contributed by atoms with van der Waals surface area (Å²) in [6, 6.07) is 0.402. The topological polar surface area (TPSA) is 45.6 Å². The van der Waals surface area contributed by atoms with Crippen LogP contribution in [0, 0.1) is 0 Å². The van der Waals surface area contributed by atoms with Crippen LogP contribution in [0.1, 0.15) is 39.0 Å². The van der Waals surface area contributed by atoms with Crippen LogP contribution in [-0.4, -0.2) is 35.4 Å². The van der Waals surface area contributed by atoms with Gasteiger partial charge >= 0.3 is 0 Å². The van der Waals surface area contributed by atoms with E-state index in [1.165, 1.54) is 0 Å². The van der Waals surface area contributed by atoms with Gasteiger partial charge in [-0.3, -0.25) is 0 Å². The first-order valence-electron chi connectivity index (χ1n) is 6.13. The molecule has 17 heavy (non-hydrogen) atoms. The van der Waals surface area contributed by atoms with Crippen molar-refractivity contribution in [2.75, 3.05) is 18.1 Å². The van der Waals surface area contributed by atoms with Gasteiger partial charge in [0.25, 0.3) is 0 Å². The number of rotatable bonds is 3. The minimum Gasteiger partial charge on any atom is -0.387 e. The monoisotopic (exact) mass is 256 g/mol. The molecule has 1 fully saturated rings. The predicted octanol–water partition coefficient (Wildman–Crippen LogP) is 2.20. The highest BCUT2D eigenvalue weighted by atomic mass is 32.1. The molecule has 1 aliphatic heterocycles. The minimum absolute atomic E-state index is 0.247. The van der Waals surface area contributed by atoms with Gasteiger partial charge in [0.2, 0.25) is 0 Å². The second-order valence-corrected chi connectivity index (χ2v) is 5.43. The molecule has 5 heteroatoms. The largest absolute Gasteiger partial charge is 0.387 e. The third-order valence-corrected chi connectivity index (χ3v) is 4.02. The van der Waals surface area contributed by atoms with Crippen molar-refractivity contribution >= 4 is 16.5 Å². The van der Waals surface area contributed by atoms with Crippen molar-refractivity contribution < 1.29 is 9.84 Å². The summed E-state index contributed by atoms with van der Waals surface area (Å²) in [5, 5.41) is 12.5. The number of hydrogen-bond donors (Lipinski definition) is 1. The molecule has 0 amide bonds. The SMILES string of the molecule is CCC1COC(C)CN1c1nc(C(C)O)cs1. The Morgan fingerprint density at radius 1 is 1.71 bits per heavy atom. The Hall–Kier alpha value is -0.650. The van der Waals surface area contributed by atoms with E-state index in [9.17, 15) is 5.11 Å². The van der Waals surface area contributed by atoms with Gasteiger partial charge < -0.3 is 14.7 Å². The van der Waals surface area contributed by atoms with E-state index in [2.05, 4.69) is 23.7 Å². The second kappa shape index (κ2) is 5.33. The first kappa shape index (κ1) is 12.8. The van der Waals surface area contributed by atoms with Crippen LogP contribution in [0.25, 0.3) is 0 Å². The molecule has 2 rings (SSSR count). The summed E-state index contributed by atoms with van der Waals surface area (Å²) in [5.41, 5.74) is 0.763. The van der Waals surface area contributed by atoms with Crippen molar-refractivity contribution in [3.05, 3.63) is 11.1 Å². The number of hydrogen-bond acceptors (Lipinski definition) is 5. The molecule has 0 saturated carbocycles. The van der Waals surface area contributed by atoms with Crippen LogP contribution in [-0.2, 0) is 4.74 Å². The Morgan fingerprint density at radius 3 is 3.06 bits per heavy atom. The van der Waals surface area contributed by atoms with Gasteiger partial charge in [0, 0.05) is 11.9 Å². The minimum atomic E-state index is -0.487. The maximum absolute atomic E-state index is 9.51. The van der Waals surface area contributed by atoms with Gasteiger partial charge in [0.15, 0.2) is 5.13 Å². The zero-order valence-corrected chi connectivity index (χ0v) is 11.4. The van der Waals surface area contributed by atoms with E-state index < -0.39 is 6.10 Å². The summed E-state index contributed by atoms with van der Waals surface area (Å²) < 4.78 is 5.67. The highest BCUT2D eigenvalue weighted by molar-refractivity contribution is 7.13. The van der Waals surface area contributed by atoms with E-state index in [1.54, 1.807) is 18.3 Å². The van der Waals surface area contributed by atoms with E-state index in [0.717, 1.165) is 30.4 Å². The van der Waals surface area contributed by atoms with Crippen molar-refractivity contribution in [1.29, 1.82) is 0 Å². The van der Waals surface area contributed by atoms with Gasteiger partial charge in [0.05, 0.1) is 30.6 Å². The maximum Gasteiger partial charge on any atom is 0.186 e. The smallest absolute Gasteiger partial charge is 0.186 e. The van der Waals surface area contributed by atoms with Crippen LogP contribution in [0.2, 0.25) is 0 Å². The quantitative estimate of drug-likeness (QED) is 0.900. The lowest BCUT2D eigenvalue weighted by Gasteiger charge is -2.38. The first-order chi connectivity index (χ1) is 8.11. The molecule has 1 aromatic rings. The number of aromatic nitrogens is 1. The van der Waals surface area contributed by atoms with Crippen LogP contribution in [0.4, 0.5) is 5.13 Å². The number of aliphatic hydroxyl groups excluding tert-OH is 1. The summed E-state index contributed by atoms with van der Waals surface area (Å²) in [6.45, 7) is 7.65. The molecule has 3 atom stereocenters. The van der Waals surface area contributed by atoms with Crippen LogP contribution in [0.5, 0.6) is 0 Å². The van der Waals surface area contributed by atoms with Gasteiger partial charge in [-0.2, -0.15) is 0 Å². The second-order valence-electron chi connectivity index (χ2n) is 4.59. The van der Waals surface area contributed by atoms with Crippen LogP contribution < -0.4 is 4.90 Å². The fraction of sp³-hybridized carbons (Fsp3) is 0.750. The summed E-state index contributed by atoms with van der Waals surface area (Å²) >= 11 is 1.60. The Labute approximate surface area is 106 Å². The maximum atomic E-state index is 9.51. The Balaban J connectivity index is 2.17. The van der Waals surface area contributed by atoms with Crippen molar-refractivity contribution in [3.8, 4) is 0 Å². The van der Waals surface area contributed by atoms with Gasteiger partial charge in [-0.1, -0.05) is 6.92 Å². The third-order valence-electron chi connectivity index (χ3n) is 3.12. The van der Waals surface area contributed by atoms with Gasteiger partial charge in [-0.05, 0) is 20.3 Å². The predicted molar refractivity (Wildman–Crippen MR) is 69.6 cm³/mol. The number of nitrogens with zero attached hydrogens (tertiary/aromatic N) is 2. The lowest BCUT2D eigenvalue weighted by atomic mass is 10.1. The van der Waals surface area contributed by atoms with Crippen molar-refractivity contribution in [3.63, 3.8) is 0 Å².